The van der Waals surface area contributed by atoms with Gasteiger partial charge < -0.3 is 9.42 Å². The molecule has 0 N–H and O–H groups in total. The summed E-state index contributed by atoms with van der Waals surface area (Å²) >= 11 is 0. The Morgan fingerprint density at radius 2 is 1.86 bits per heavy atom. The lowest BCUT2D eigenvalue weighted by atomic mass is 10.0. The first-order valence-electron chi connectivity index (χ1n) is 7.88. The van der Waals surface area contributed by atoms with E-state index < -0.39 is 0 Å². The third-order valence-corrected chi connectivity index (χ3v) is 4.36. The summed E-state index contributed by atoms with van der Waals surface area (Å²) in [6.45, 7) is 6.21. The summed E-state index contributed by atoms with van der Waals surface area (Å²) in [5, 5.41) is 4.01. The summed E-state index contributed by atoms with van der Waals surface area (Å²) < 4.78 is 5.24. The average molecular weight is 297 g/mol. The lowest BCUT2D eigenvalue weighted by molar-refractivity contribution is 0.257. The largest absolute Gasteiger partial charge is 0.361 e. The normalized spacial score (nSPS) is 17.4. The molecule has 2 heterocycles. The van der Waals surface area contributed by atoms with Crippen molar-refractivity contribution in [1.82, 2.24) is 10.1 Å². The van der Waals surface area contributed by atoms with E-state index in [4.69, 9.17) is 9.52 Å². The van der Waals surface area contributed by atoms with Gasteiger partial charge in [0.25, 0.3) is 0 Å². The van der Waals surface area contributed by atoms with Gasteiger partial charge in [-0.25, -0.2) is 0 Å². The molecule has 116 valence electrons. The van der Waals surface area contributed by atoms with Crippen LogP contribution in [0.3, 0.4) is 0 Å². The second-order valence-corrected chi connectivity index (χ2v) is 6.13. The lowest BCUT2D eigenvalue weighted by Crippen LogP contribution is -2.32. The van der Waals surface area contributed by atoms with E-state index >= 15 is 0 Å². The minimum absolute atomic E-state index is 0.471. The summed E-state index contributed by atoms with van der Waals surface area (Å²) in [5.41, 5.74) is 4.33. The van der Waals surface area contributed by atoms with Crippen LogP contribution in [0.25, 0.3) is 11.1 Å². The third-order valence-electron chi connectivity index (χ3n) is 4.36. The van der Waals surface area contributed by atoms with Crippen LogP contribution in [0.2, 0.25) is 0 Å². The highest BCUT2D eigenvalue weighted by Gasteiger charge is 2.14. The first kappa shape index (κ1) is 15.0. The fraction of sp³-hybridized carbons (Fsp3) is 0.444. The molecule has 0 saturated carbocycles. The zero-order valence-electron chi connectivity index (χ0n) is 13.5. The Morgan fingerprint density at radius 1 is 1.18 bits per heavy atom. The number of hydrogen-bond acceptors (Lipinski definition) is 4. The van der Waals surface area contributed by atoms with Crippen molar-refractivity contribution in [2.24, 2.45) is 4.99 Å². The minimum atomic E-state index is 0.471. The summed E-state index contributed by atoms with van der Waals surface area (Å²) in [7, 11) is 2.17. The van der Waals surface area contributed by atoms with Crippen LogP contribution in [0.1, 0.15) is 29.9 Å². The molecule has 2 aromatic rings. The van der Waals surface area contributed by atoms with Gasteiger partial charge in [0.2, 0.25) is 0 Å². The summed E-state index contributed by atoms with van der Waals surface area (Å²) in [6, 6.07) is 8.92. The van der Waals surface area contributed by atoms with Crippen LogP contribution < -0.4 is 0 Å². The maximum absolute atomic E-state index is 5.24. The number of hydrogen-bond donors (Lipinski definition) is 0. The van der Waals surface area contributed by atoms with Crippen LogP contribution in [0.5, 0.6) is 0 Å². The van der Waals surface area contributed by atoms with Crippen molar-refractivity contribution in [3.05, 3.63) is 41.3 Å². The molecule has 0 atom stereocenters. The molecule has 1 saturated heterocycles. The quantitative estimate of drug-likeness (QED) is 0.815. The molecule has 3 rings (SSSR count). The maximum atomic E-state index is 5.24. The molecule has 0 radical (unpaired) electrons. The average Bonchev–Trinajstić information content (AvgIpc) is 2.86. The summed E-state index contributed by atoms with van der Waals surface area (Å²) in [6.07, 6.45) is 4.32. The third kappa shape index (κ3) is 3.28. The van der Waals surface area contributed by atoms with Gasteiger partial charge in [0.15, 0.2) is 0 Å². The molecule has 1 aromatic heterocycles. The van der Waals surface area contributed by atoms with Crippen LogP contribution in [-0.2, 0) is 0 Å². The number of piperidine rings is 1. The Hall–Kier alpha value is -1.94. The molecule has 0 amide bonds. The Kier molecular flexibility index (Phi) is 4.39. The van der Waals surface area contributed by atoms with Gasteiger partial charge in [-0.3, -0.25) is 4.99 Å². The van der Waals surface area contributed by atoms with E-state index in [2.05, 4.69) is 41.4 Å². The zero-order valence-corrected chi connectivity index (χ0v) is 13.5. The molecular formula is C18H23N3O. The first-order chi connectivity index (χ1) is 10.6. The second kappa shape index (κ2) is 6.44. The monoisotopic (exact) mass is 297 g/mol. The van der Waals surface area contributed by atoms with E-state index in [1.165, 1.54) is 0 Å². The number of likely N-dealkylation sites (tertiary alicyclic amines) is 1. The number of aryl methyl sites for hydroxylation is 2. The molecule has 1 aliphatic heterocycles. The predicted molar refractivity (Wildman–Crippen MR) is 89.5 cm³/mol. The Balaban J connectivity index is 1.69. The standard InChI is InChI=1S/C18H23N3O/c1-13-18(14(2)22-20-13)16-6-4-15(5-7-16)12-19-17-8-10-21(3)11-9-17/h4-7,12,17H,8-11H2,1-3H3. The number of aromatic nitrogens is 1. The molecule has 1 fully saturated rings. The molecule has 22 heavy (non-hydrogen) atoms. The molecule has 0 spiro atoms. The molecule has 4 heteroatoms. The Morgan fingerprint density at radius 3 is 2.45 bits per heavy atom. The molecule has 0 aliphatic carbocycles. The van der Waals surface area contributed by atoms with Gasteiger partial charge in [-0.05, 0) is 58.0 Å². The highest BCUT2D eigenvalue weighted by atomic mass is 16.5. The van der Waals surface area contributed by atoms with Crippen LogP contribution in [0, 0.1) is 13.8 Å². The van der Waals surface area contributed by atoms with E-state index in [-0.39, 0.29) is 0 Å². The molecule has 0 unspecified atom stereocenters. The summed E-state index contributed by atoms with van der Waals surface area (Å²) in [4.78, 5) is 7.10. The molecule has 1 aliphatic rings. The number of rotatable bonds is 3. The first-order valence-corrected chi connectivity index (χ1v) is 7.88. The minimum Gasteiger partial charge on any atom is -0.361 e. The van der Waals surface area contributed by atoms with E-state index in [1.54, 1.807) is 0 Å². The topological polar surface area (TPSA) is 41.6 Å². The highest BCUT2D eigenvalue weighted by molar-refractivity contribution is 5.81. The molecule has 1 aromatic carbocycles. The second-order valence-electron chi connectivity index (χ2n) is 6.13. The van der Waals surface area contributed by atoms with Crippen LogP contribution in [0.4, 0.5) is 0 Å². The van der Waals surface area contributed by atoms with Crippen molar-refractivity contribution >= 4 is 6.21 Å². The summed E-state index contributed by atoms with van der Waals surface area (Å²) in [5.74, 6) is 0.866. The lowest BCUT2D eigenvalue weighted by Gasteiger charge is -2.26. The van der Waals surface area contributed by atoms with Gasteiger partial charge in [0.1, 0.15) is 5.76 Å². The number of nitrogens with zero attached hydrogens (tertiary/aromatic N) is 3. The van der Waals surface area contributed by atoms with Gasteiger partial charge in [0, 0.05) is 11.8 Å². The molecular weight excluding hydrogens is 274 g/mol. The zero-order chi connectivity index (χ0) is 15.5. The van der Waals surface area contributed by atoms with Gasteiger partial charge in [-0.1, -0.05) is 29.4 Å². The predicted octanol–water partition coefficient (Wildman–Crippen LogP) is 3.47. The van der Waals surface area contributed by atoms with Gasteiger partial charge >= 0.3 is 0 Å². The Labute approximate surface area is 131 Å². The van der Waals surface area contributed by atoms with Crippen molar-refractivity contribution in [3.8, 4) is 11.1 Å². The number of aliphatic imine (C=N–C) groups is 1. The maximum Gasteiger partial charge on any atom is 0.141 e. The smallest absolute Gasteiger partial charge is 0.141 e. The van der Waals surface area contributed by atoms with E-state index in [1.807, 2.05) is 20.1 Å². The fourth-order valence-corrected chi connectivity index (χ4v) is 2.97. The van der Waals surface area contributed by atoms with E-state index in [9.17, 15) is 0 Å². The van der Waals surface area contributed by atoms with Gasteiger partial charge in [0.05, 0.1) is 11.7 Å². The van der Waals surface area contributed by atoms with E-state index in [0.717, 1.165) is 54.1 Å². The SMILES string of the molecule is Cc1noc(C)c1-c1ccc(C=NC2CCN(C)CC2)cc1. The molecule has 4 nitrogen and oxygen atoms in total. The van der Waals surface area contributed by atoms with Crippen molar-refractivity contribution in [2.75, 3.05) is 20.1 Å². The molecule has 0 bridgehead atoms. The van der Waals surface area contributed by atoms with Gasteiger partial charge in [-0.2, -0.15) is 0 Å². The van der Waals surface area contributed by atoms with Gasteiger partial charge in [-0.15, -0.1) is 0 Å². The van der Waals surface area contributed by atoms with Crippen molar-refractivity contribution in [1.29, 1.82) is 0 Å². The number of benzene rings is 1. The van der Waals surface area contributed by atoms with Crippen molar-refractivity contribution in [3.63, 3.8) is 0 Å². The Bertz CT molecular complexity index is 630. The van der Waals surface area contributed by atoms with E-state index in [0.29, 0.717) is 6.04 Å². The fourth-order valence-electron chi connectivity index (χ4n) is 2.97. The van der Waals surface area contributed by atoms with Crippen LogP contribution in [0.15, 0.2) is 33.8 Å². The van der Waals surface area contributed by atoms with Crippen LogP contribution >= 0.6 is 0 Å². The van der Waals surface area contributed by atoms with Crippen molar-refractivity contribution in [2.45, 2.75) is 32.7 Å². The highest BCUT2D eigenvalue weighted by Crippen LogP contribution is 2.26. The van der Waals surface area contributed by atoms with Crippen LogP contribution in [-0.4, -0.2) is 42.5 Å². The van der Waals surface area contributed by atoms with Crippen molar-refractivity contribution < 1.29 is 4.52 Å².